The van der Waals surface area contributed by atoms with Gasteiger partial charge in [0.25, 0.3) is 5.89 Å². The van der Waals surface area contributed by atoms with Gasteiger partial charge < -0.3 is 9.26 Å². The van der Waals surface area contributed by atoms with Gasteiger partial charge >= 0.3 is 5.97 Å². The van der Waals surface area contributed by atoms with Crippen molar-refractivity contribution < 1.29 is 14.1 Å². The summed E-state index contributed by atoms with van der Waals surface area (Å²) < 4.78 is 12.2. The lowest BCUT2D eigenvalue weighted by molar-refractivity contribution is -0.139. The molecule has 0 saturated heterocycles. The van der Waals surface area contributed by atoms with Crippen molar-refractivity contribution in [1.82, 2.24) is 19.9 Å². The zero-order valence-electron chi connectivity index (χ0n) is 16.4. The van der Waals surface area contributed by atoms with Crippen molar-refractivity contribution in [2.45, 2.75) is 20.1 Å². The zero-order valence-corrected chi connectivity index (χ0v) is 16.4. The molecule has 0 spiro atoms. The smallest absolute Gasteiger partial charge is 0.331 e. The number of esters is 1. The minimum absolute atomic E-state index is 0.0880. The molecule has 30 heavy (non-hydrogen) atoms. The second kappa shape index (κ2) is 9.00. The highest BCUT2D eigenvalue weighted by molar-refractivity contribution is 5.86. The molecule has 0 unspecified atom stereocenters. The van der Waals surface area contributed by atoms with E-state index in [2.05, 4.69) is 15.2 Å². The van der Waals surface area contributed by atoms with Crippen molar-refractivity contribution in [3.63, 3.8) is 0 Å². The van der Waals surface area contributed by atoms with Crippen molar-refractivity contribution >= 4 is 12.0 Å². The predicted molar refractivity (Wildman–Crippen MR) is 111 cm³/mol. The molecule has 4 aromatic rings. The van der Waals surface area contributed by atoms with Crippen molar-refractivity contribution in [2.24, 2.45) is 0 Å². The van der Waals surface area contributed by atoms with Gasteiger partial charge in [0.1, 0.15) is 0 Å². The fraction of sp³-hybridized carbons (Fsp3) is 0.130. The molecule has 0 aliphatic rings. The lowest BCUT2D eigenvalue weighted by Crippen LogP contribution is -2.01. The summed E-state index contributed by atoms with van der Waals surface area (Å²) in [4.78, 5) is 16.3. The van der Waals surface area contributed by atoms with Crippen LogP contribution in [0.3, 0.4) is 0 Å². The van der Waals surface area contributed by atoms with E-state index in [-0.39, 0.29) is 12.5 Å². The third-order valence-electron chi connectivity index (χ3n) is 4.44. The molecule has 0 aliphatic carbocycles. The zero-order chi connectivity index (χ0) is 20.8. The number of hydrogen-bond acceptors (Lipinski definition) is 6. The van der Waals surface area contributed by atoms with E-state index in [4.69, 9.17) is 9.26 Å². The Bertz CT molecular complexity index is 1160. The SMILES string of the molecule is Cc1ccccc1-c1noc(COC(=O)/C=C/c2cnn(Cc3ccccc3)c2)n1. The number of carbonyl (C=O) groups is 1. The molecule has 150 valence electrons. The van der Waals surface area contributed by atoms with E-state index < -0.39 is 5.97 Å². The quantitative estimate of drug-likeness (QED) is 0.344. The van der Waals surface area contributed by atoms with E-state index in [9.17, 15) is 4.79 Å². The fourth-order valence-electron chi connectivity index (χ4n) is 2.91. The van der Waals surface area contributed by atoms with Gasteiger partial charge in [-0.1, -0.05) is 59.8 Å². The Morgan fingerprint density at radius 1 is 1.13 bits per heavy atom. The molecular formula is C23H20N4O3. The van der Waals surface area contributed by atoms with Crippen LogP contribution in [0.4, 0.5) is 0 Å². The number of carbonyl (C=O) groups excluding carboxylic acids is 1. The molecule has 4 rings (SSSR count). The second-order valence-corrected chi connectivity index (χ2v) is 6.72. The summed E-state index contributed by atoms with van der Waals surface area (Å²) >= 11 is 0. The predicted octanol–water partition coefficient (Wildman–Crippen LogP) is 4.05. The van der Waals surface area contributed by atoms with E-state index in [0.29, 0.717) is 12.4 Å². The number of nitrogens with zero attached hydrogens (tertiary/aromatic N) is 4. The Balaban J connectivity index is 1.30. The molecule has 0 N–H and O–H groups in total. The second-order valence-electron chi connectivity index (χ2n) is 6.72. The van der Waals surface area contributed by atoms with Gasteiger partial charge in [-0.05, 0) is 24.1 Å². The average Bonchev–Trinajstić information content (AvgIpc) is 3.41. The van der Waals surface area contributed by atoms with Crippen molar-refractivity contribution in [1.29, 1.82) is 0 Å². The molecule has 0 saturated carbocycles. The summed E-state index contributed by atoms with van der Waals surface area (Å²) in [6.07, 6.45) is 6.56. The standard InChI is InChI=1S/C23H20N4O3/c1-17-7-5-6-10-20(17)23-25-21(30-26-23)16-29-22(28)12-11-19-13-24-27(15-19)14-18-8-3-2-4-9-18/h2-13,15H,14,16H2,1H3/b12-11+. The van der Waals surface area contributed by atoms with Crippen molar-refractivity contribution in [2.75, 3.05) is 0 Å². The van der Waals surface area contributed by atoms with Gasteiger partial charge in [0.05, 0.1) is 12.7 Å². The van der Waals surface area contributed by atoms with Crippen LogP contribution in [0.5, 0.6) is 0 Å². The van der Waals surface area contributed by atoms with Gasteiger partial charge in [0, 0.05) is 23.4 Å². The summed E-state index contributed by atoms with van der Waals surface area (Å²) in [5.41, 5.74) is 3.88. The molecule has 2 heterocycles. The lowest BCUT2D eigenvalue weighted by atomic mass is 10.1. The van der Waals surface area contributed by atoms with Gasteiger partial charge in [-0.15, -0.1) is 0 Å². The minimum Gasteiger partial charge on any atom is -0.452 e. The fourth-order valence-corrected chi connectivity index (χ4v) is 2.91. The van der Waals surface area contributed by atoms with Crippen LogP contribution in [0.25, 0.3) is 17.5 Å². The largest absolute Gasteiger partial charge is 0.452 e. The first-order valence-corrected chi connectivity index (χ1v) is 9.47. The van der Waals surface area contributed by atoms with Gasteiger partial charge in [-0.25, -0.2) is 4.79 Å². The van der Waals surface area contributed by atoms with Crippen LogP contribution in [0.1, 0.15) is 22.6 Å². The first kappa shape index (κ1) is 19.3. The van der Waals surface area contributed by atoms with Crippen molar-refractivity contribution in [3.05, 3.63) is 95.6 Å². The molecule has 2 aromatic carbocycles. The van der Waals surface area contributed by atoms with Crippen LogP contribution < -0.4 is 0 Å². The maximum atomic E-state index is 12.0. The molecule has 0 aliphatic heterocycles. The highest BCUT2D eigenvalue weighted by Gasteiger charge is 2.11. The Kier molecular flexibility index (Phi) is 5.80. The highest BCUT2D eigenvalue weighted by atomic mass is 16.6. The highest BCUT2D eigenvalue weighted by Crippen LogP contribution is 2.20. The Labute approximate surface area is 173 Å². The Morgan fingerprint density at radius 3 is 2.77 bits per heavy atom. The monoisotopic (exact) mass is 400 g/mol. The molecule has 0 amide bonds. The van der Waals surface area contributed by atoms with Crippen LogP contribution in [0.15, 0.2) is 77.6 Å². The van der Waals surface area contributed by atoms with Crippen LogP contribution >= 0.6 is 0 Å². The molecule has 7 nitrogen and oxygen atoms in total. The maximum absolute atomic E-state index is 12.0. The third kappa shape index (κ3) is 4.88. The topological polar surface area (TPSA) is 83.0 Å². The van der Waals surface area contributed by atoms with E-state index in [0.717, 1.165) is 22.3 Å². The molecule has 0 atom stereocenters. The first-order valence-electron chi connectivity index (χ1n) is 9.47. The van der Waals surface area contributed by atoms with Gasteiger partial charge in [-0.3, -0.25) is 4.68 Å². The van der Waals surface area contributed by atoms with Gasteiger partial charge in [0.15, 0.2) is 6.61 Å². The van der Waals surface area contributed by atoms with Crippen molar-refractivity contribution in [3.8, 4) is 11.4 Å². The molecule has 7 heteroatoms. The summed E-state index contributed by atoms with van der Waals surface area (Å²) in [6, 6.07) is 17.8. The molecular weight excluding hydrogens is 380 g/mol. The van der Waals surface area contributed by atoms with Crippen LogP contribution in [-0.2, 0) is 22.7 Å². The average molecular weight is 400 g/mol. The molecule has 2 aromatic heterocycles. The Morgan fingerprint density at radius 2 is 1.93 bits per heavy atom. The number of aryl methyl sites for hydroxylation is 1. The number of rotatable bonds is 7. The maximum Gasteiger partial charge on any atom is 0.331 e. The van der Waals surface area contributed by atoms with E-state index in [1.165, 1.54) is 6.08 Å². The Hall–Kier alpha value is -4.00. The van der Waals surface area contributed by atoms with Crippen LogP contribution in [-0.4, -0.2) is 25.9 Å². The third-order valence-corrected chi connectivity index (χ3v) is 4.44. The van der Waals surface area contributed by atoms with Gasteiger partial charge in [0.2, 0.25) is 5.82 Å². The summed E-state index contributed by atoms with van der Waals surface area (Å²) in [5.74, 6) is 0.215. The normalized spacial score (nSPS) is 11.1. The first-order chi connectivity index (χ1) is 14.7. The van der Waals surface area contributed by atoms with E-state index >= 15 is 0 Å². The summed E-state index contributed by atoms with van der Waals surface area (Å²) in [7, 11) is 0. The summed E-state index contributed by atoms with van der Waals surface area (Å²) in [5, 5.41) is 8.25. The number of benzene rings is 2. The number of aromatic nitrogens is 4. The minimum atomic E-state index is -0.499. The molecule has 0 radical (unpaired) electrons. The van der Waals surface area contributed by atoms with E-state index in [1.54, 1.807) is 12.3 Å². The lowest BCUT2D eigenvalue weighted by Gasteiger charge is -2.00. The molecule has 0 fully saturated rings. The van der Waals surface area contributed by atoms with E-state index in [1.807, 2.05) is 72.4 Å². The number of hydrogen-bond donors (Lipinski definition) is 0. The van der Waals surface area contributed by atoms with Crippen LogP contribution in [0, 0.1) is 6.92 Å². The van der Waals surface area contributed by atoms with Crippen LogP contribution in [0.2, 0.25) is 0 Å². The summed E-state index contributed by atoms with van der Waals surface area (Å²) in [6.45, 7) is 2.55. The molecule has 0 bridgehead atoms. The van der Waals surface area contributed by atoms with Gasteiger partial charge in [-0.2, -0.15) is 10.1 Å². The number of ether oxygens (including phenoxy) is 1.